The summed E-state index contributed by atoms with van der Waals surface area (Å²) in [6.45, 7) is 4.24. The molecule has 5 nitrogen and oxygen atoms in total. The molecule has 1 aliphatic heterocycles. The topological polar surface area (TPSA) is 47.5 Å². The normalized spacial score (nSPS) is 20.0. The minimum atomic E-state index is 0.128. The van der Waals surface area contributed by atoms with Crippen LogP contribution < -0.4 is 9.47 Å². The van der Waals surface area contributed by atoms with E-state index in [-0.39, 0.29) is 6.10 Å². The van der Waals surface area contributed by atoms with Gasteiger partial charge in [-0.05, 0) is 31.9 Å². The number of ether oxygens (including phenoxy) is 2. The van der Waals surface area contributed by atoms with Gasteiger partial charge in [-0.15, -0.1) is 0 Å². The van der Waals surface area contributed by atoms with Crippen LogP contribution in [0.25, 0.3) is 0 Å². The summed E-state index contributed by atoms with van der Waals surface area (Å²) < 4.78 is 11.0. The van der Waals surface area contributed by atoms with Gasteiger partial charge in [-0.2, -0.15) is 9.97 Å². The van der Waals surface area contributed by atoms with Gasteiger partial charge in [-0.25, -0.2) is 0 Å². The zero-order valence-electron chi connectivity index (χ0n) is 13.7. The highest BCUT2D eigenvalue weighted by atomic mass is 16.5. The largest absolute Gasteiger partial charge is 0.494 e. The first-order valence-electron chi connectivity index (χ1n) is 8.08. The van der Waals surface area contributed by atoms with Crippen molar-refractivity contribution in [1.82, 2.24) is 14.9 Å². The maximum absolute atomic E-state index is 5.95. The third-order valence-corrected chi connectivity index (χ3v) is 4.35. The lowest BCUT2D eigenvalue weighted by Crippen LogP contribution is -2.42. The third kappa shape index (κ3) is 3.99. The van der Waals surface area contributed by atoms with Crippen molar-refractivity contribution in [2.45, 2.75) is 31.9 Å². The Morgan fingerprint density at radius 3 is 2.61 bits per heavy atom. The molecule has 0 N–H and O–H groups in total. The molecule has 0 bridgehead atoms. The van der Waals surface area contributed by atoms with Gasteiger partial charge in [-0.1, -0.05) is 30.3 Å². The van der Waals surface area contributed by atoms with Crippen LogP contribution in [0.15, 0.2) is 42.7 Å². The highest BCUT2D eigenvalue weighted by Crippen LogP contribution is 2.25. The molecule has 1 aromatic heterocycles. The van der Waals surface area contributed by atoms with Gasteiger partial charge >= 0.3 is 6.01 Å². The second-order valence-corrected chi connectivity index (χ2v) is 5.87. The number of rotatable bonds is 5. The first-order valence-corrected chi connectivity index (χ1v) is 8.08. The first-order chi connectivity index (χ1) is 11.3. The van der Waals surface area contributed by atoms with Gasteiger partial charge in [0, 0.05) is 12.6 Å². The van der Waals surface area contributed by atoms with E-state index in [1.807, 2.05) is 0 Å². The van der Waals surface area contributed by atoms with E-state index in [1.165, 1.54) is 5.56 Å². The Balaban J connectivity index is 1.61. The average Bonchev–Trinajstić information content (AvgIpc) is 2.63. The molecule has 0 aliphatic carbocycles. The van der Waals surface area contributed by atoms with E-state index < -0.39 is 0 Å². The first kappa shape index (κ1) is 15.7. The molecular weight excluding hydrogens is 290 g/mol. The van der Waals surface area contributed by atoms with E-state index >= 15 is 0 Å². The zero-order chi connectivity index (χ0) is 16.1. The van der Waals surface area contributed by atoms with Crippen LogP contribution in [0.5, 0.6) is 11.8 Å². The molecule has 0 saturated carbocycles. The summed E-state index contributed by atoms with van der Waals surface area (Å²) in [6.07, 6.45) is 5.56. The minimum absolute atomic E-state index is 0.128. The molecular formula is C18H23N3O2. The van der Waals surface area contributed by atoms with Crippen LogP contribution in [-0.4, -0.2) is 41.2 Å². The van der Waals surface area contributed by atoms with E-state index in [4.69, 9.17) is 9.47 Å². The number of hydrogen-bond donors (Lipinski definition) is 0. The summed E-state index contributed by atoms with van der Waals surface area (Å²) in [5.74, 6) is 0.639. The molecule has 2 aromatic rings. The molecule has 23 heavy (non-hydrogen) atoms. The van der Waals surface area contributed by atoms with Crippen LogP contribution in [-0.2, 0) is 0 Å². The molecule has 5 heteroatoms. The SMILES string of the molecule is COc1cnc(OC2CCCN(C(C)c3ccccc3)C2)nc1. The van der Waals surface area contributed by atoms with Gasteiger partial charge in [-0.3, -0.25) is 4.90 Å². The van der Waals surface area contributed by atoms with E-state index in [9.17, 15) is 0 Å². The Labute approximate surface area is 137 Å². The molecule has 2 unspecified atom stereocenters. The molecule has 2 atom stereocenters. The summed E-state index contributed by atoms with van der Waals surface area (Å²) >= 11 is 0. The summed E-state index contributed by atoms with van der Waals surface area (Å²) in [4.78, 5) is 10.9. The van der Waals surface area contributed by atoms with Crippen molar-refractivity contribution in [3.8, 4) is 11.8 Å². The van der Waals surface area contributed by atoms with Crippen molar-refractivity contribution in [2.75, 3.05) is 20.2 Å². The van der Waals surface area contributed by atoms with Crippen LogP contribution in [0.3, 0.4) is 0 Å². The molecule has 0 spiro atoms. The fraction of sp³-hybridized carbons (Fsp3) is 0.444. The monoisotopic (exact) mass is 313 g/mol. The lowest BCUT2D eigenvalue weighted by atomic mass is 10.0. The molecule has 122 valence electrons. The van der Waals surface area contributed by atoms with E-state index in [0.717, 1.165) is 25.9 Å². The van der Waals surface area contributed by atoms with Gasteiger partial charge in [0.2, 0.25) is 0 Å². The van der Waals surface area contributed by atoms with Crippen molar-refractivity contribution in [3.05, 3.63) is 48.3 Å². The summed E-state index contributed by atoms with van der Waals surface area (Å²) in [5, 5.41) is 0. The Morgan fingerprint density at radius 2 is 1.91 bits per heavy atom. The molecule has 1 fully saturated rings. The highest BCUT2D eigenvalue weighted by Gasteiger charge is 2.26. The maximum atomic E-state index is 5.95. The Bertz CT molecular complexity index is 603. The number of benzene rings is 1. The lowest BCUT2D eigenvalue weighted by molar-refractivity contribution is 0.0597. The third-order valence-electron chi connectivity index (χ3n) is 4.35. The molecule has 1 aliphatic rings. The Morgan fingerprint density at radius 1 is 1.17 bits per heavy atom. The van der Waals surface area contributed by atoms with E-state index in [0.29, 0.717) is 17.8 Å². The quantitative estimate of drug-likeness (QED) is 0.849. The van der Waals surface area contributed by atoms with Crippen LogP contribution in [0.1, 0.15) is 31.4 Å². The Hall–Kier alpha value is -2.14. The van der Waals surface area contributed by atoms with E-state index in [1.54, 1.807) is 19.5 Å². The second-order valence-electron chi connectivity index (χ2n) is 5.87. The maximum Gasteiger partial charge on any atom is 0.316 e. The highest BCUT2D eigenvalue weighted by molar-refractivity contribution is 5.18. The predicted octanol–water partition coefficient (Wildman–Crippen LogP) is 3.09. The number of methoxy groups -OCH3 is 1. The number of hydrogen-bond acceptors (Lipinski definition) is 5. The molecule has 2 heterocycles. The number of likely N-dealkylation sites (tertiary alicyclic amines) is 1. The van der Waals surface area contributed by atoms with Crippen molar-refractivity contribution in [1.29, 1.82) is 0 Å². The van der Waals surface area contributed by atoms with Crippen molar-refractivity contribution in [2.24, 2.45) is 0 Å². The van der Waals surface area contributed by atoms with E-state index in [2.05, 4.69) is 52.1 Å². The molecule has 1 aromatic carbocycles. The van der Waals surface area contributed by atoms with Gasteiger partial charge in [0.05, 0.1) is 19.5 Å². The number of aromatic nitrogens is 2. The number of nitrogens with zero attached hydrogens (tertiary/aromatic N) is 3. The smallest absolute Gasteiger partial charge is 0.316 e. The van der Waals surface area contributed by atoms with Gasteiger partial charge < -0.3 is 9.47 Å². The molecule has 0 radical (unpaired) electrons. The Kier molecular flexibility index (Phi) is 5.08. The molecule has 0 amide bonds. The van der Waals surface area contributed by atoms with Crippen LogP contribution >= 0.6 is 0 Å². The summed E-state index contributed by atoms with van der Waals surface area (Å²) in [7, 11) is 1.60. The van der Waals surface area contributed by atoms with Crippen molar-refractivity contribution in [3.63, 3.8) is 0 Å². The molecule has 1 saturated heterocycles. The summed E-state index contributed by atoms with van der Waals surface area (Å²) in [6, 6.07) is 11.4. The number of piperidine rings is 1. The fourth-order valence-corrected chi connectivity index (χ4v) is 2.98. The van der Waals surface area contributed by atoms with Gasteiger partial charge in [0.1, 0.15) is 6.10 Å². The van der Waals surface area contributed by atoms with Crippen molar-refractivity contribution < 1.29 is 9.47 Å². The second kappa shape index (κ2) is 7.42. The average molecular weight is 313 g/mol. The molecule has 3 rings (SSSR count). The van der Waals surface area contributed by atoms with Gasteiger partial charge in [0.15, 0.2) is 5.75 Å². The van der Waals surface area contributed by atoms with Crippen LogP contribution in [0.2, 0.25) is 0 Å². The van der Waals surface area contributed by atoms with Crippen LogP contribution in [0, 0.1) is 0 Å². The fourth-order valence-electron chi connectivity index (χ4n) is 2.98. The zero-order valence-corrected chi connectivity index (χ0v) is 13.7. The lowest BCUT2D eigenvalue weighted by Gasteiger charge is -2.36. The van der Waals surface area contributed by atoms with Gasteiger partial charge in [0.25, 0.3) is 0 Å². The minimum Gasteiger partial charge on any atom is -0.494 e. The standard InChI is InChI=1S/C18H23N3O2/c1-14(15-7-4-3-5-8-15)21-10-6-9-16(13-21)23-18-19-11-17(22-2)12-20-18/h3-5,7-8,11-12,14,16H,6,9-10,13H2,1-2H3. The van der Waals surface area contributed by atoms with Crippen LogP contribution in [0.4, 0.5) is 0 Å². The van der Waals surface area contributed by atoms with Crippen molar-refractivity contribution >= 4 is 0 Å². The summed E-state index contributed by atoms with van der Waals surface area (Å²) in [5.41, 5.74) is 1.34. The predicted molar refractivity (Wildman–Crippen MR) is 88.7 cm³/mol.